The Labute approximate surface area is 218 Å². The number of hydrogen-bond acceptors (Lipinski definition) is 7. The summed E-state index contributed by atoms with van der Waals surface area (Å²) in [7, 11) is 36.5. The van der Waals surface area contributed by atoms with Gasteiger partial charge in [0.05, 0.1) is 19.8 Å². The molecule has 7 nitrogen and oxygen atoms in total. The molecule has 0 unspecified atom stereocenters. The lowest BCUT2D eigenvalue weighted by atomic mass is 9.52. The van der Waals surface area contributed by atoms with Gasteiger partial charge >= 0.3 is 0 Å². The van der Waals surface area contributed by atoms with Crippen LogP contribution in [0.2, 0.25) is 0 Å². The van der Waals surface area contributed by atoms with E-state index in [4.69, 9.17) is 77.5 Å². The minimum Gasteiger partial charge on any atom is -0.513 e. The predicted molar refractivity (Wildman–Crippen MR) is 147 cm³/mol. The summed E-state index contributed by atoms with van der Waals surface area (Å²) in [5, 5.41) is -2.09. The Morgan fingerprint density at radius 2 is 1.67 bits per heavy atom. The van der Waals surface area contributed by atoms with Crippen LogP contribution in [-0.2, 0) is 9.47 Å². The first kappa shape index (κ1) is 26.2. The molecule has 2 aromatic carbocycles. The van der Waals surface area contributed by atoms with Crippen molar-refractivity contribution in [3.8, 4) is 33.8 Å². The Morgan fingerprint density at radius 3 is 2.31 bits per heavy atom. The van der Waals surface area contributed by atoms with Crippen molar-refractivity contribution < 1.29 is 18.9 Å². The third-order valence-corrected chi connectivity index (χ3v) is 5.53. The van der Waals surface area contributed by atoms with Gasteiger partial charge in [-0.3, -0.25) is 0 Å². The molecule has 4 rings (SSSR count). The Hall–Kier alpha value is -2.90. The van der Waals surface area contributed by atoms with Crippen molar-refractivity contribution >= 4 is 75.0 Å². The fraction of sp³-hybridized carbons (Fsp3) is 0.261. The van der Waals surface area contributed by atoms with Crippen LogP contribution in [0.1, 0.15) is 0 Å². The fourth-order valence-corrected chi connectivity index (χ4v) is 3.81. The highest BCUT2D eigenvalue weighted by Gasteiger charge is 2.25. The van der Waals surface area contributed by atoms with Crippen LogP contribution in [0, 0.1) is 0 Å². The highest BCUT2D eigenvalue weighted by Crippen LogP contribution is 2.32. The first-order valence-corrected chi connectivity index (χ1v) is 11.0. The molecular weight excluding hydrogens is 447 g/mol. The van der Waals surface area contributed by atoms with E-state index >= 15 is 0 Å². The van der Waals surface area contributed by atoms with Crippen molar-refractivity contribution in [2.24, 2.45) is 0 Å². The van der Waals surface area contributed by atoms with Gasteiger partial charge in [0.1, 0.15) is 65.6 Å². The van der Waals surface area contributed by atoms with Gasteiger partial charge in [-0.1, -0.05) is 23.1 Å². The molecule has 12 radical (unpaired) electrons. The van der Waals surface area contributed by atoms with Crippen molar-refractivity contribution in [2.75, 3.05) is 37.9 Å². The topological polar surface area (TPSA) is 102 Å². The van der Waals surface area contributed by atoms with Gasteiger partial charge in [0, 0.05) is 17.4 Å². The van der Waals surface area contributed by atoms with E-state index in [2.05, 4.69) is 4.98 Å². The largest absolute Gasteiger partial charge is 0.513 e. The van der Waals surface area contributed by atoms with Crippen molar-refractivity contribution in [1.29, 1.82) is 0 Å². The summed E-state index contributed by atoms with van der Waals surface area (Å²) in [6, 6.07) is 8.92. The summed E-state index contributed by atoms with van der Waals surface area (Å²) >= 11 is 0. The van der Waals surface area contributed by atoms with E-state index in [0.29, 0.717) is 48.0 Å². The average Bonchev–Trinajstić information content (AvgIpc) is 2.84. The number of nitrogens with two attached hydrogens (primary N) is 2. The molecule has 0 bridgehead atoms. The van der Waals surface area contributed by atoms with Crippen LogP contribution in [-0.4, -0.2) is 89.9 Å². The number of anilines is 2. The van der Waals surface area contributed by atoms with Gasteiger partial charge in [0.25, 0.3) is 0 Å². The average molecular weight is 466 g/mol. The lowest BCUT2D eigenvalue weighted by Gasteiger charge is -2.31. The third-order valence-electron chi connectivity index (χ3n) is 5.53. The number of pyridine rings is 1. The Balaban J connectivity index is 1.81. The van der Waals surface area contributed by atoms with Crippen LogP contribution < -0.4 is 37.3 Å². The van der Waals surface area contributed by atoms with E-state index in [1.54, 1.807) is 18.2 Å². The molecule has 13 heteroatoms. The van der Waals surface area contributed by atoms with E-state index in [1.165, 1.54) is 6.20 Å². The maximum absolute atomic E-state index is 6.51. The molecule has 1 aliphatic heterocycles. The van der Waals surface area contributed by atoms with Crippen molar-refractivity contribution in [1.82, 2.24) is 4.98 Å². The van der Waals surface area contributed by atoms with Crippen molar-refractivity contribution in [3.63, 3.8) is 0 Å². The number of nitrogens with zero attached hydrogens (tertiary/aromatic N) is 1. The smallest absolute Gasteiger partial charge is 0.153 e. The first-order valence-electron chi connectivity index (χ1n) is 11.0. The molecule has 1 atom stereocenters. The van der Waals surface area contributed by atoms with Crippen LogP contribution in [0.25, 0.3) is 22.3 Å². The van der Waals surface area contributed by atoms with Crippen molar-refractivity contribution in [2.45, 2.75) is 11.4 Å². The second-order valence-corrected chi connectivity index (χ2v) is 8.39. The lowest BCUT2D eigenvalue weighted by molar-refractivity contribution is -0.101. The summed E-state index contributed by atoms with van der Waals surface area (Å²) in [6.07, 6.45) is 1.17. The molecule has 36 heavy (non-hydrogen) atoms. The highest BCUT2D eigenvalue weighted by molar-refractivity contribution is 6.59. The second-order valence-electron chi connectivity index (χ2n) is 8.39. The third kappa shape index (κ3) is 5.73. The summed E-state index contributed by atoms with van der Waals surface area (Å²) in [6.45, 7) is 1.37. The number of rotatable bonds is 7. The molecule has 4 N–H and O–H groups in total. The molecule has 0 spiro atoms. The summed E-state index contributed by atoms with van der Waals surface area (Å²) in [4.78, 5) is 4.31. The molecule has 1 aromatic heterocycles. The number of aromatic nitrogens is 1. The van der Waals surface area contributed by atoms with Gasteiger partial charge in [-0.2, -0.15) is 0 Å². The summed E-state index contributed by atoms with van der Waals surface area (Å²) < 4.78 is 22.5. The first-order chi connectivity index (χ1) is 17.0. The van der Waals surface area contributed by atoms with Gasteiger partial charge in [-0.15, -0.1) is 0 Å². The lowest BCUT2D eigenvalue weighted by Crippen LogP contribution is -2.43. The van der Waals surface area contributed by atoms with E-state index < -0.39 is 5.30 Å². The van der Waals surface area contributed by atoms with Crippen LogP contribution >= 0.6 is 0 Å². The minimum atomic E-state index is -2.09. The zero-order valence-electron chi connectivity index (χ0n) is 19.6. The molecule has 3 aromatic rings. The van der Waals surface area contributed by atoms with Crippen LogP contribution in [0.5, 0.6) is 11.5 Å². The highest BCUT2D eigenvalue weighted by atomic mass is 16.6. The van der Waals surface area contributed by atoms with Crippen LogP contribution in [0.4, 0.5) is 11.5 Å². The number of nitrogen functional groups attached to an aromatic ring is 2. The predicted octanol–water partition coefficient (Wildman–Crippen LogP) is -1.75. The minimum absolute atomic E-state index is 0.0239. The van der Waals surface area contributed by atoms with E-state index in [0.717, 1.165) is 5.56 Å². The molecule has 1 fully saturated rings. The number of hydrogen-bond donors (Lipinski definition) is 2. The molecule has 1 aliphatic rings. The SMILES string of the molecule is [B]c1c([B])c(-c2cnc(N)c(-c3ccc(N)cc3)c2)c([B])c(OC([B])([B])[B])c1OC[C@H]1COCCO1. The maximum atomic E-state index is 6.51. The van der Waals surface area contributed by atoms with Crippen LogP contribution in [0.15, 0.2) is 36.5 Å². The molecule has 0 amide bonds. The van der Waals surface area contributed by atoms with Gasteiger partial charge in [0.2, 0.25) is 0 Å². The van der Waals surface area contributed by atoms with Crippen molar-refractivity contribution in [3.05, 3.63) is 36.5 Å². The molecule has 168 valence electrons. The van der Waals surface area contributed by atoms with E-state index in [1.807, 2.05) is 12.1 Å². The summed E-state index contributed by atoms with van der Waals surface area (Å²) in [5.41, 5.74) is 15.0. The zero-order valence-corrected chi connectivity index (χ0v) is 19.6. The Morgan fingerprint density at radius 1 is 0.944 bits per heavy atom. The molecule has 0 saturated carbocycles. The van der Waals surface area contributed by atoms with Gasteiger partial charge in [-0.05, 0) is 45.7 Å². The van der Waals surface area contributed by atoms with Gasteiger partial charge in [-0.25, -0.2) is 4.98 Å². The number of benzene rings is 2. The monoisotopic (exact) mass is 467 g/mol. The molecular formula is C23H19B6N3O4. The molecule has 2 heterocycles. The van der Waals surface area contributed by atoms with Gasteiger partial charge in [0.15, 0.2) is 11.5 Å². The fourth-order valence-electron chi connectivity index (χ4n) is 3.81. The Bertz CT molecular complexity index is 1250. The summed E-state index contributed by atoms with van der Waals surface area (Å²) in [5.74, 6) is 0.243. The number of ether oxygens (including phenoxy) is 4. The second kappa shape index (κ2) is 10.6. The quantitative estimate of drug-likeness (QED) is 0.315. The maximum Gasteiger partial charge on any atom is 0.153 e. The standard InChI is InChI=1S/C23H19B6N3O4/c24-17-16(12-7-15(22(31)32-8-12)11-1-3-13(30)4-2-11)18(25)21(36-23(27,28)29)20(19(17)26)35-10-14-9-33-5-6-34-14/h1-4,7-8,14H,5-6,9-10,30H2,(H2,31,32)/t14-/m1/s1. The van der Waals surface area contributed by atoms with Crippen LogP contribution in [0.3, 0.4) is 0 Å². The molecule has 1 saturated heterocycles. The Kier molecular flexibility index (Phi) is 7.71. The normalized spacial score (nSPS) is 15.9. The molecule has 0 aliphatic carbocycles. The van der Waals surface area contributed by atoms with E-state index in [9.17, 15) is 0 Å². The zero-order chi connectivity index (χ0) is 26.0. The van der Waals surface area contributed by atoms with E-state index in [-0.39, 0.29) is 40.6 Å². The van der Waals surface area contributed by atoms with Gasteiger partial charge < -0.3 is 30.4 Å².